The average molecular weight is 339 g/mol. The van der Waals surface area contributed by atoms with Gasteiger partial charge in [0.2, 0.25) is 0 Å². The van der Waals surface area contributed by atoms with Crippen molar-refractivity contribution >= 4 is 5.91 Å². The Balaban J connectivity index is 1.78. The van der Waals surface area contributed by atoms with E-state index in [1.54, 1.807) is 18.7 Å². The third-order valence-corrected chi connectivity index (χ3v) is 4.18. The molecule has 1 atom stereocenters. The quantitative estimate of drug-likeness (QED) is 0.842. The Bertz CT molecular complexity index is 751. The number of hydrogen-bond acceptors (Lipinski definition) is 4. The van der Waals surface area contributed by atoms with Crippen molar-refractivity contribution in [2.45, 2.75) is 32.4 Å². The van der Waals surface area contributed by atoms with Gasteiger partial charge in [-0.15, -0.1) is 0 Å². The first-order chi connectivity index (χ1) is 11.3. The first-order valence-corrected chi connectivity index (χ1v) is 7.51. The summed E-state index contributed by atoms with van der Waals surface area (Å²) in [5, 5.41) is 0. The van der Waals surface area contributed by atoms with Crippen LogP contribution in [0.15, 0.2) is 22.9 Å². The van der Waals surface area contributed by atoms with Crippen LogP contribution in [0.1, 0.15) is 45.5 Å². The monoisotopic (exact) mass is 339 g/mol. The van der Waals surface area contributed by atoms with Crippen molar-refractivity contribution in [3.8, 4) is 0 Å². The maximum atomic E-state index is 12.8. The van der Waals surface area contributed by atoms with Crippen LogP contribution >= 0.6 is 0 Å². The van der Waals surface area contributed by atoms with Gasteiger partial charge in [0.05, 0.1) is 11.8 Å². The number of furan rings is 1. The topological polar surface area (TPSA) is 59.2 Å². The number of halogens is 3. The van der Waals surface area contributed by atoms with Crippen LogP contribution in [0.2, 0.25) is 0 Å². The average Bonchev–Trinajstić information content (AvgIpc) is 3.14. The summed E-state index contributed by atoms with van der Waals surface area (Å²) in [4.78, 5) is 21.8. The summed E-state index contributed by atoms with van der Waals surface area (Å²) in [5.41, 5.74) is 0.302. The molecule has 0 aliphatic carbocycles. The van der Waals surface area contributed by atoms with Gasteiger partial charge in [-0.25, -0.2) is 9.97 Å². The van der Waals surface area contributed by atoms with Crippen LogP contribution < -0.4 is 0 Å². The zero-order valence-corrected chi connectivity index (χ0v) is 13.2. The molecule has 3 heterocycles. The fourth-order valence-corrected chi connectivity index (χ4v) is 2.93. The first kappa shape index (κ1) is 16.5. The SMILES string of the molecule is Cc1coc(C)c1C(=O)N1CCC(c2nccc(C(F)(F)F)n2)C1. The van der Waals surface area contributed by atoms with E-state index in [-0.39, 0.29) is 17.6 Å². The highest BCUT2D eigenvalue weighted by Gasteiger charge is 2.35. The van der Waals surface area contributed by atoms with Crippen LogP contribution in [-0.4, -0.2) is 33.9 Å². The van der Waals surface area contributed by atoms with Gasteiger partial charge in [-0.1, -0.05) is 0 Å². The summed E-state index contributed by atoms with van der Waals surface area (Å²) < 4.78 is 43.6. The smallest absolute Gasteiger partial charge is 0.433 e. The second-order valence-electron chi connectivity index (χ2n) is 5.88. The number of rotatable bonds is 2. The number of likely N-dealkylation sites (tertiary alicyclic amines) is 1. The van der Waals surface area contributed by atoms with Crippen LogP contribution in [0, 0.1) is 13.8 Å². The molecule has 8 heteroatoms. The van der Waals surface area contributed by atoms with Crippen molar-refractivity contribution in [3.63, 3.8) is 0 Å². The highest BCUT2D eigenvalue weighted by Crippen LogP contribution is 2.31. The number of amides is 1. The number of carbonyl (C=O) groups excluding carboxylic acids is 1. The zero-order chi connectivity index (χ0) is 17.5. The van der Waals surface area contributed by atoms with Crippen molar-refractivity contribution in [2.75, 3.05) is 13.1 Å². The molecule has 2 aromatic rings. The normalized spacial score (nSPS) is 18.2. The lowest BCUT2D eigenvalue weighted by molar-refractivity contribution is -0.141. The van der Waals surface area contributed by atoms with Crippen LogP contribution in [-0.2, 0) is 6.18 Å². The summed E-state index contributed by atoms with van der Waals surface area (Å²) in [5.74, 6) is 0.189. The third-order valence-electron chi connectivity index (χ3n) is 4.18. The maximum absolute atomic E-state index is 12.8. The number of carbonyl (C=O) groups is 1. The van der Waals surface area contributed by atoms with Crippen LogP contribution in [0.4, 0.5) is 13.2 Å². The van der Waals surface area contributed by atoms with E-state index in [2.05, 4.69) is 9.97 Å². The van der Waals surface area contributed by atoms with Gasteiger partial charge in [0.25, 0.3) is 5.91 Å². The molecule has 1 fully saturated rings. The third kappa shape index (κ3) is 3.00. The van der Waals surface area contributed by atoms with E-state index in [1.165, 1.54) is 6.26 Å². The maximum Gasteiger partial charge on any atom is 0.433 e. The molecule has 1 unspecified atom stereocenters. The van der Waals surface area contributed by atoms with Gasteiger partial charge < -0.3 is 9.32 Å². The molecule has 0 bridgehead atoms. The van der Waals surface area contributed by atoms with Crippen molar-refractivity contribution in [1.29, 1.82) is 0 Å². The molecule has 0 radical (unpaired) electrons. The van der Waals surface area contributed by atoms with E-state index < -0.39 is 11.9 Å². The minimum atomic E-state index is -4.50. The molecular formula is C16H16F3N3O2. The summed E-state index contributed by atoms with van der Waals surface area (Å²) in [6, 6.07) is 0.847. The fourth-order valence-electron chi connectivity index (χ4n) is 2.93. The molecule has 0 aromatic carbocycles. The predicted molar refractivity (Wildman–Crippen MR) is 78.5 cm³/mol. The first-order valence-electron chi connectivity index (χ1n) is 7.51. The van der Waals surface area contributed by atoms with Crippen molar-refractivity contribution in [1.82, 2.24) is 14.9 Å². The highest BCUT2D eigenvalue weighted by atomic mass is 19.4. The Morgan fingerprint density at radius 1 is 1.38 bits per heavy atom. The lowest BCUT2D eigenvalue weighted by Gasteiger charge is -2.16. The fraction of sp³-hybridized carbons (Fsp3) is 0.438. The van der Waals surface area contributed by atoms with Crippen LogP contribution in [0.3, 0.4) is 0 Å². The van der Waals surface area contributed by atoms with Crippen molar-refractivity contribution < 1.29 is 22.4 Å². The van der Waals surface area contributed by atoms with Gasteiger partial charge >= 0.3 is 6.18 Å². The molecule has 2 aromatic heterocycles. The van der Waals surface area contributed by atoms with Gasteiger partial charge in [-0.05, 0) is 26.3 Å². The Labute approximate surface area is 136 Å². The number of hydrogen-bond donors (Lipinski definition) is 0. The molecular weight excluding hydrogens is 323 g/mol. The molecule has 0 saturated carbocycles. The second-order valence-corrected chi connectivity index (χ2v) is 5.88. The molecule has 5 nitrogen and oxygen atoms in total. The van der Waals surface area contributed by atoms with Crippen molar-refractivity contribution in [2.24, 2.45) is 0 Å². The summed E-state index contributed by atoms with van der Waals surface area (Å²) in [7, 11) is 0. The van der Waals surface area contributed by atoms with E-state index in [4.69, 9.17) is 4.42 Å². The van der Waals surface area contributed by atoms with E-state index in [9.17, 15) is 18.0 Å². The highest BCUT2D eigenvalue weighted by molar-refractivity contribution is 5.96. The molecule has 128 valence electrons. The Morgan fingerprint density at radius 2 is 2.12 bits per heavy atom. The largest absolute Gasteiger partial charge is 0.469 e. The molecule has 24 heavy (non-hydrogen) atoms. The van der Waals surface area contributed by atoms with E-state index >= 15 is 0 Å². The van der Waals surface area contributed by atoms with Crippen molar-refractivity contribution in [3.05, 3.63) is 46.9 Å². The second kappa shape index (κ2) is 5.92. The molecule has 1 saturated heterocycles. The zero-order valence-electron chi connectivity index (χ0n) is 13.2. The van der Waals surface area contributed by atoms with Gasteiger partial charge in [0.1, 0.15) is 17.3 Å². The van der Waals surface area contributed by atoms with Gasteiger partial charge in [0, 0.05) is 30.8 Å². The van der Waals surface area contributed by atoms with Crippen LogP contribution in [0.25, 0.3) is 0 Å². The molecule has 1 aliphatic rings. The Kier molecular flexibility index (Phi) is 4.06. The lowest BCUT2D eigenvalue weighted by atomic mass is 10.1. The van der Waals surface area contributed by atoms with Gasteiger partial charge in [0.15, 0.2) is 0 Å². The number of aromatic nitrogens is 2. The Morgan fingerprint density at radius 3 is 2.75 bits per heavy atom. The summed E-state index contributed by atoms with van der Waals surface area (Å²) in [6.45, 7) is 4.24. The Hall–Kier alpha value is -2.38. The molecule has 1 amide bonds. The standard InChI is InChI=1S/C16H16F3N3O2/c1-9-8-24-10(2)13(9)15(23)22-6-4-11(7-22)14-20-5-3-12(21-14)16(17,18)19/h3,5,8,11H,4,6-7H2,1-2H3. The molecule has 0 N–H and O–H groups in total. The molecule has 1 aliphatic heterocycles. The van der Waals surface area contributed by atoms with E-state index in [0.29, 0.717) is 30.8 Å². The van der Waals surface area contributed by atoms with Crippen LogP contribution in [0.5, 0.6) is 0 Å². The van der Waals surface area contributed by atoms with Gasteiger partial charge in [-0.3, -0.25) is 4.79 Å². The number of alkyl halides is 3. The lowest BCUT2D eigenvalue weighted by Crippen LogP contribution is -2.29. The summed E-state index contributed by atoms with van der Waals surface area (Å²) in [6.07, 6.45) is -1.34. The van der Waals surface area contributed by atoms with E-state index in [1.807, 2.05) is 0 Å². The minimum absolute atomic E-state index is 0.126. The predicted octanol–water partition coefficient (Wildman–Crippen LogP) is 3.33. The summed E-state index contributed by atoms with van der Waals surface area (Å²) >= 11 is 0. The molecule has 3 rings (SSSR count). The minimum Gasteiger partial charge on any atom is -0.469 e. The van der Waals surface area contributed by atoms with E-state index in [0.717, 1.165) is 17.8 Å². The molecule has 0 spiro atoms. The van der Waals surface area contributed by atoms with Gasteiger partial charge in [-0.2, -0.15) is 13.2 Å². The number of nitrogens with zero attached hydrogens (tertiary/aromatic N) is 3. The number of aryl methyl sites for hydroxylation is 2.